The third kappa shape index (κ3) is 6.48. The molecule has 0 aromatic carbocycles. The lowest BCUT2D eigenvalue weighted by atomic mass is 9.43. The van der Waals surface area contributed by atoms with Gasteiger partial charge in [-0.05, 0) is 97.2 Å². The molecule has 1 aliphatic heterocycles. The SMILES string of the molecule is C[C@H](/C=C/[C@@H](C)[C@H]1C[C@H](OS(=O)(=O)O)[C@H]2[C@H]3C[C@H](O)[C@H]4C[C@@H](O)CC[C@]4(C)[C@@H]3CC[C@@]21C)CO[C@@H]1OC[C@@H](O)[C@H](O)[C@H]1O. The summed E-state index contributed by atoms with van der Waals surface area (Å²) in [6.45, 7) is 8.63. The number of aliphatic hydroxyl groups is 5. The third-order valence-electron chi connectivity index (χ3n) is 12.3. The van der Waals surface area contributed by atoms with Gasteiger partial charge in [0.25, 0.3) is 0 Å². The minimum Gasteiger partial charge on any atom is -0.393 e. The molecule has 43 heavy (non-hydrogen) atoms. The van der Waals surface area contributed by atoms with E-state index in [1.54, 1.807) is 0 Å². The van der Waals surface area contributed by atoms with Gasteiger partial charge in [-0.3, -0.25) is 4.55 Å². The second-order valence-corrected chi connectivity index (χ2v) is 15.9. The van der Waals surface area contributed by atoms with Crippen molar-refractivity contribution in [3.05, 3.63) is 12.2 Å². The van der Waals surface area contributed by atoms with Crippen molar-refractivity contribution in [2.75, 3.05) is 13.2 Å². The fourth-order valence-corrected chi connectivity index (χ4v) is 10.7. The van der Waals surface area contributed by atoms with E-state index in [1.807, 2.05) is 13.0 Å². The van der Waals surface area contributed by atoms with Crippen molar-refractivity contribution < 1.29 is 52.2 Å². The van der Waals surface area contributed by atoms with Crippen LogP contribution in [0.2, 0.25) is 0 Å². The molecule has 4 saturated carbocycles. The largest absolute Gasteiger partial charge is 0.397 e. The highest BCUT2D eigenvalue weighted by molar-refractivity contribution is 7.80. The topological polar surface area (TPSA) is 183 Å². The summed E-state index contributed by atoms with van der Waals surface area (Å²) in [5, 5.41) is 51.4. The van der Waals surface area contributed by atoms with E-state index in [0.29, 0.717) is 25.7 Å². The molecule has 4 aliphatic carbocycles. The zero-order valence-electron chi connectivity index (χ0n) is 25.7. The Bertz CT molecular complexity index is 1120. The molecule has 0 aromatic heterocycles. The molecular weight excluding hydrogens is 580 g/mol. The summed E-state index contributed by atoms with van der Waals surface area (Å²) in [7, 11) is -4.68. The van der Waals surface area contributed by atoms with Gasteiger partial charge in [-0.1, -0.05) is 39.8 Å². The van der Waals surface area contributed by atoms with Gasteiger partial charge in [-0.2, -0.15) is 8.42 Å². The second kappa shape index (κ2) is 12.5. The molecule has 5 fully saturated rings. The standard InChI is InChI=1S/C31H52O11S/c1-16(14-40-29-28(36)27(35)24(34)15-41-29)5-6-17(2)21-13-25(42-43(37,38)39)26-19-12-23(33)22-11-18(32)7-9-30(22,3)20(19)8-10-31(21,26)4/h5-6,16-29,32-36H,7-15H2,1-4H3,(H,37,38,39)/b6-5+/t16-,17-,18+,19+,20-,21-,22-,23+,24-,25+,26-,27+,28-,29-,30-,31-/m1/s1. The maximum absolute atomic E-state index is 12.0. The summed E-state index contributed by atoms with van der Waals surface area (Å²) in [4.78, 5) is 0. The first kappa shape index (κ1) is 33.7. The molecule has 248 valence electrons. The van der Waals surface area contributed by atoms with Gasteiger partial charge in [0.1, 0.15) is 18.3 Å². The zero-order chi connectivity index (χ0) is 31.5. The highest BCUT2D eigenvalue weighted by Crippen LogP contribution is 2.68. The maximum atomic E-state index is 12.0. The van der Waals surface area contributed by atoms with Crippen LogP contribution < -0.4 is 0 Å². The molecule has 5 aliphatic rings. The van der Waals surface area contributed by atoms with Crippen molar-refractivity contribution >= 4 is 10.4 Å². The van der Waals surface area contributed by atoms with Gasteiger partial charge in [0.2, 0.25) is 0 Å². The predicted octanol–water partition coefficient (Wildman–Crippen LogP) is 2.06. The summed E-state index contributed by atoms with van der Waals surface area (Å²) in [6.07, 6.45) is 2.56. The quantitative estimate of drug-likeness (QED) is 0.170. The van der Waals surface area contributed by atoms with Crippen LogP contribution in [0.5, 0.6) is 0 Å². The van der Waals surface area contributed by atoms with Gasteiger partial charge in [0.05, 0.1) is 31.5 Å². The van der Waals surface area contributed by atoms with Gasteiger partial charge >= 0.3 is 10.4 Å². The van der Waals surface area contributed by atoms with Gasteiger partial charge in [-0.25, -0.2) is 4.18 Å². The average Bonchev–Trinajstić information content (AvgIpc) is 3.22. The van der Waals surface area contributed by atoms with E-state index in [1.165, 1.54) is 0 Å². The van der Waals surface area contributed by atoms with Gasteiger partial charge in [0, 0.05) is 0 Å². The first-order chi connectivity index (χ1) is 20.0. The van der Waals surface area contributed by atoms with Crippen molar-refractivity contribution in [3.8, 4) is 0 Å². The zero-order valence-corrected chi connectivity index (χ0v) is 26.6. The van der Waals surface area contributed by atoms with E-state index in [-0.39, 0.29) is 65.5 Å². The van der Waals surface area contributed by atoms with Crippen LogP contribution in [0.4, 0.5) is 0 Å². The summed E-state index contributed by atoms with van der Waals surface area (Å²) in [5.41, 5.74) is -0.414. The fourth-order valence-electron chi connectivity index (χ4n) is 10.2. The molecule has 0 aromatic rings. The molecule has 6 N–H and O–H groups in total. The Hall–Kier alpha value is -0.670. The summed E-state index contributed by atoms with van der Waals surface area (Å²) in [5.74, 6) is 0.251. The van der Waals surface area contributed by atoms with E-state index >= 15 is 0 Å². The predicted molar refractivity (Wildman–Crippen MR) is 156 cm³/mol. The second-order valence-electron chi connectivity index (χ2n) is 14.9. The van der Waals surface area contributed by atoms with Crippen LogP contribution in [0.25, 0.3) is 0 Å². The fraction of sp³-hybridized carbons (Fsp3) is 0.935. The van der Waals surface area contributed by atoms with Crippen LogP contribution in [-0.4, -0.2) is 94.6 Å². The first-order valence-corrected chi connectivity index (χ1v) is 17.4. The monoisotopic (exact) mass is 632 g/mol. The maximum Gasteiger partial charge on any atom is 0.397 e. The lowest BCUT2D eigenvalue weighted by Gasteiger charge is -2.62. The minimum atomic E-state index is -4.68. The van der Waals surface area contributed by atoms with Crippen LogP contribution in [0.15, 0.2) is 12.2 Å². The Morgan fingerprint density at radius 1 is 0.907 bits per heavy atom. The number of fused-ring (bicyclic) bond motifs is 5. The Kier molecular flexibility index (Phi) is 9.79. The number of rotatable bonds is 8. The molecule has 1 saturated heterocycles. The normalized spacial score (nSPS) is 50.1. The molecule has 1 heterocycles. The molecule has 12 heteroatoms. The van der Waals surface area contributed by atoms with Crippen molar-refractivity contribution in [1.29, 1.82) is 0 Å². The van der Waals surface area contributed by atoms with Crippen LogP contribution in [-0.2, 0) is 24.1 Å². The molecule has 5 rings (SSSR count). The molecule has 0 unspecified atom stereocenters. The third-order valence-corrected chi connectivity index (χ3v) is 12.8. The van der Waals surface area contributed by atoms with E-state index in [0.717, 1.165) is 19.3 Å². The van der Waals surface area contributed by atoms with Gasteiger partial charge in [0.15, 0.2) is 6.29 Å². The number of aliphatic hydroxyl groups excluding tert-OH is 5. The number of ether oxygens (including phenoxy) is 2. The Morgan fingerprint density at radius 2 is 1.60 bits per heavy atom. The van der Waals surface area contributed by atoms with Crippen molar-refractivity contribution in [2.24, 2.45) is 52.3 Å². The lowest BCUT2D eigenvalue weighted by molar-refractivity contribution is -0.271. The van der Waals surface area contributed by atoms with Crippen molar-refractivity contribution in [3.63, 3.8) is 0 Å². The Labute approximate surface area is 255 Å². The highest BCUT2D eigenvalue weighted by Gasteiger charge is 2.65. The molecule has 0 radical (unpaired) electrons. The lowest BCUT2D eigenvalue weighted by Crippen LogP contribution is -2.59. The molecule has 0 bridgehead atoms. The molecule has 0 amide bonds. The van der Waals surface area contributed by atoms with E-state index in [9.17, 15) is 38.5 Å². The van der Waals surface area contributed by atoms with Crippen LogP contribution >= 0.6 is 0 Å². The van der Waals surface area contributed by atoms with Gasteiger partial charge in [-0.15, -0.1) is 0 Å². The summed E-state index contributed by atoms with van der Waals surface area (Å²) in [6, 6.07) is 0. The Balaban J connectivity index is 1.31. The van der Waals surface area contributed by atoms with Crippen LogP contribution in [0.1, 0.15) is 72.6 Å². The smallest absolute Gasteiger partial charge is 0.393 e. The van der Waals surface area contributed by atoms with Gasteiger partial charge < -0.3 is 35.0 Å². The summed E-state index contributed by atoms with van der Waals surface area (Å²) >= 11 is 0. The summed E-state index contributed by atoms with van der Waals surface area (Å²) < 4.78 is 50.3. The van der Waals surface area contributed by atoms with E-state index in [2.05, 4.69) is 26.8 Å². The van der Waals surface area contributed by atoms with Crippen LogP contribution in [0, 0.1) is 52.3 Å². The molecule has 0 spiro atoms. The van der Waals surface area contributed by atoms with E-state index < -0.39 is 53.3 Å². The average molecular weight is 633 g/mol. The highest BCUT2D eigenvalue weighted by atomic mass is 32.3. The van der Waals surface area contributed by atoms with Crippen molar-refractivity contribution in [2.45, 2.75) is 116 Å². The minimum absolute atomic E-state index is 0.0130. The first-order valence-electron chi connectivity index (χ1n) is 16.0. The van der Waals surface area contributed by atoms with Crippen molar-refractivity contribution in [1.82, 2.24) is 0 Å². The number of hydrogen-bond acceptors (Lipinski definition) is 10. The number of allylic oxidation sites excluding steroid dienone is 1. The molecule has 16 atom stereocenters. The molecule has 11 nitrogen and oxygen atoms in total. The van der Waals surface area contributed by atoms with E-state index in [4.69, 9.17) is 13.7 Å². The van der Waals surface area contributed by atoms with Crippen LogP contribution in [0.3, 0.4) is 0 Å². The Morgan fingerprint density at radius 3 is 2.30 bits per heavy atom. The number of hydrogen-bond donors (Lipinski definition) is 6. The molecular formula is C31H52O11S.